The minimum atomic E-state index is 0.505. The molecule has 0 radical (unpaired) electrons. The lowest BCUT2D eigenvalue weighted by molar-refractivity contribution is 0.668. The molecule has 3 rings (SSSR count). The van der Waals surface area contributed by atoms with Crippen molar-refractivity contribution in [2.75, 3.05) is 5.73 Å². The normalized spacial score (nSPS) is 11.4. The number of fused-ring (bicyclic) bond motifs is 3. The van der Waals surface area contributed by atoms with Crippen LogP contribution in [0.2, 0.25) is 0 Å². The molecule has 0 aliphatic rings. The van der Waals surface area contributed by atoms with Crippen LogP contribution in [-0.4, -0.2) is 14.8 Å². The minimum absolute atomic E-state index is 0.505. The third-order valence-corrected chi connectivity index (χ3v) is 3.09. The average molecular weight is 226 g/mol. The van der Waals surface area contributed by atoms with E-state index in [1.807, 2.05) is 23.0 Å². The van der Waals surface area contributed by atoms with Gasteiger partial charge in [0.25, 0.3) is 0 Å². The van der Waals surface area contributed by atoms with Gasteiger partial charge in [-0.15, -0.1) is 0 Å². The van der Waals surface area contributed by atoms with Gasteiger partial charge in [-0.25, -0.2) is 4.98 Å². The number of hydrogen-bond acceptors (Lipinski definition) is 3. The largest absolute Gasteiger partial charge is 0.382 e. The molecule has 4 nitrogen and oxygen atoms in total. The van der Waals surface area contributed by atoms with Crippen molar-refractivity contribution in [3.63, 3.8) is 0 Å². The lowest BCUT2D eigenvalue weighted by Crippen LogP contribution is -1.95. The second-order valence-electron chi connectivity index (χ2n) is 4.21. The molecule has 0 amide bonds. The van der Waals surface area contributed by atoms with Gasteiger partial charge in [-0.2, -0.15) is 5.10 Å². The van der Waals surface area contributed by atoms with Crippen LogP contribution in [0.1, 0.15) is 12.5 Å². The molecule has 0 fully saturated rings. The van der Waals surface area contributed by atoms with Gasteiger partial charge >= 0.3 is 0 Å². The molecule has 2 heterocycles. The number of aromatic nitrogens is 3. The number of nitrogen functional groups attached to an aromatic ring is 1. The fraction of sp³-hybridized carbons (Fsp3) is 0.231. The van der Waals surface area contributed by atoms with Gasteiger partial charge in [0.15, 0.2) is 5.82 Å². The molecular weight excluding hydrogens is 212 g/mol. The third kappa shape index (κ3) is 1.37. The number of nitrogens with zero attached hydrogens (tertiary/aromatic N) is 3. The maximum atomic E-state index is 5.95. The van der Waals surface area contributed by atoms with E-state index in [2.05, 4.69) is 30.0 Å². The van der Waals surface area contributed by atoms with Crippen molar-refractivity contribution in [2.24, 2.45) is 0 Å². The van der Waals surface area contributed by atoms with Crippen molar-refractivity contribution >= 4 is 27.6 Å². The summed E-state index contributed by atoms with van der Waals surface area (Å²) in [6.07, 6.45) is 2.04. The van der Waals surface area contributed by atoms with E-state index in [0.29, 0.717) is 5.82 Å². The summed E-state index contributed by atoms with van der Waals surface area (Å²) in [5.74, 6) is 0.505. The smallest absolute Gasteiger partial charge is 0.152 e. The standard InChI is InChI=1S/C13H14N4/c1-3-17-7-9-11-8(2)5-4-6-10(11)15-13(14)12(9)16-17/h4-7H,3H2,1-2H3,(H2,14,15). The molecule has 4 heteroatoms. The van der Waals surface area contributed by atoms with E-state index in [9.17, 15) is 0 Å². The highest BCUT2D eigenvalue weighted by Crippen LogP contribution is 2.28. The molecular formula is C13H14N4. The summed E-state index contributed by atoms with van der Waals surface area (Å²) in [7, 11) is 0. The first-order valence-electron chi connectivity index (χ1n) is 5.72. The summed E-state index contributed by atoms with van der Waals surface area (Å²) in [4.78, 5) is 4.41. The Labute approximate surface area is 99.1 Å². The van der Waals surface area contributed by atoms with Crippen LogP contribution < -0.4 is 5.73 Å². The number of benzene rings is 1. The number of rotatable bonds is 1. The van der Waals surface area contributed by atoms with Crippen LogP contribution in [-0.2, 0) is 6.54 Å². The van der Waals surface area contributed by atoms with Crippen LogP contribution in [0.5, 0.6) is 0 Å². The van der Waals surface area contributed by atoms with Gasteiger partial charge < -0.3 is 5.73 Å². The summed E-state index contributed by atoms with van der Waals surface area (Å²) in [6, 6.07) is 6.07. The first kappa shape index (κ1) is 10.1. The van der Waals surface area contributed by atoms with Crippen molar-refractivity contribution in [3.8, 4) is 0 Å². The van der Waals surface area contributed by atoms with E-state index in [0.717, 1.165) is 28.4 Å². The van der Waals surface area contributed by atoms with Crippen molar-refractivity contribution in [2.45, 2.75) is 20.4 Å². The lowest BCUT2D eigenvalue weighted by atomic mass is 10.1. The maximum absolute atomic E-state index is 5.95. The quantitative estimate of drug-likeness (QED) is 0.693. The Kier molecular flexibility index (Phi) is 2.04. The molecule has 0 saturated carbocycles. The van der Waals surface area contributed by atoms with Gasteiger partial charge in [0, 0.05) is 23.5 Å². The number of hydrogen-bond donors (Lipinski definition) is 1. The lowest BCUT2D eigenvalue weighted by Gasteiger charge is -2.03. The van der Waals surface area contributed by atoms with Gasteiger partial charge in [-0.3, -0.25) is 4.68 Å². The number of pyridine rings is 1. The molecule has 0 aliphatic heterocycles. The van der Waals surface area contributed by atoms with Gasteiger partial charge in [0.05, 0.1) is 5.52 Å². The molecule has 2 aromatic heterocycles. The SMILES string of the molecule is CCn1cc2c(n1)c(N)nc1cccc(C)c12. The molecule has 0 unspecified atom stereocenters. The fourth-order valence-electron chi connectivity index (χ4n) is 2.23. The van der Waals surface area contributed by atoms with E-state index in [1.165, 1.54) is 5.56 Å². The van der Waals surface area contributed by atoms with Crippen molar-refractivity contribution in [3.05, 3.63) is 30.0 Å². The molecule has 0 spiro atoms. The van der Waals surface area contributed by atoms with Gasteiger partial charge in [0.2, 0.25) is 0 Å². The molecule has 0 bridgehead atoms. The number of anilines is 1. The van der Waals surface area contributed by atoms with Crippen LogP contribution in [0.4, 0.5) is 5.82 Å². The van der Waals surface area contributed by atoms with E-state index in [4.69, 9.17) is 5.73 Å². The highest BCUT2D eigenvalue weighted by atomic mass is 15.3. The summed E-state index contributed by atoms with van der Waals surface area (Å²) in [5.41, 5.74) is 8.89. The third-order valence-electron chi connectivity index (χ3n) is 3.09. The number of nitrogens with two attached hydrogens (primary N) is 1. The summed E-state index contributed by atoms with van der Waals surface area (Å²) < 4.78 is 1.90. The predicted octanol–water partition coefficient (Wildman–Crippen LogP) is 2.50. The maximum Gasteiger partial charge on any atom is 0.152 e. The highest BCUT2D eigenvalue weighted by molar-refractivity contribution is 6.09. The molecule has 0 atom stereocenters. The molecule has 86 valence electrons. The van der Waals surface area contributed by atoms with E-state index in [1.54, 1.807) is 0 Å². The molecule has 2 N–H and O–H groups in total. The molecule has 0 aliphatic carbocycles. The molecule has 0 saturated heterocycles. The Hall–Kier alpha value is -2.10. The average Bonchev–Trinajstić information content (AvgIpc) is 2.73. The van der Waals surface area contributed by atoms with E-state index >= 15 is 0 Å². The first-order chi connectivity index (χ1) is 8.20. The summed E-state index contributed by atoms with van der Waals surface area (Å²) in [6.45, 7) is 4.98. The Balaban J connectivity index is 2.56. The van der Waals surface area contributed by atoms with Crippen LogP contribution in [0.25, 0.3) is 21.8 Å². The number of aryl methyl sites for hydroxylation is 2. The summed E-state index contributed by atoms with van der Waals surface area (Å²) in [5, 5.41) is 6.69. The molecule has 3 aromatic rings. The fourth-order valence-corrected chi connectivity index (χ4v) is 2.23. The van der Waals surface area contributed by atoms with Crippen LogP contribution in [0.3, 0.4) is 0 Å². The first-order valence-corrected chi connectivity index (χ1v) is 5.72. The summed E-state index contributed by atoms with van der Waals surface area (Å²) >= 11 is 0. The topological polar surface area (TPSA) is 56.7 Å². The van der Waals surface area contributed by atoms with Gasteiger partial charge in [-0.05, 0) is 25.5 Å². The Morgan fingerprint density at radius 2 is 2.18 bits per heavy atom. The molecule has 1 aromatic carbocycles. The van der Waals surface area contributed by atoms with Crippen LogP contribution >= 0.6 is 0 Å². The predicted molar refractivity (Wildman–Crippen MR) is 69.9 cm³/mol. The second-order valence-corrected chi connectivity index (χ2v) is 4.21. The van der Waals surface area contributed by atoms with Crippen LogP contribution in [0, 0.1) is 6.92 Å². The zero-order valence-electron chi connectivity index (χ0n) is 9.94. The Morgan fingerprint density at radius 1 is 1.35 bits per heavy atom. The van der Waals surface area contributed by atoms with E-state index < -0.39 is 0 Å². The Bertz CT molecular complexity index is 712. The van der Waals surface area contributed by atoms with Crippen molar-refractivity contribution in [1.82, 2.24) is 14.8 Å². The van der Waals surface area contributed by atoms with Crippen LogP contribution in [0.15, 0.2) is 24.4 Å². The zero-order valence-corrected chi connectivity index (χ0v) is 9.94. The van der Waals surface area contributed by atoms with Gasteiger partial charge in [0.1, 0.15) is 5.52 Å². The zero-order chi connectivity index (χ0) is 12.0. The van der Waals surface area contributed by atoms with E-state index in [-0.39, 0.29) is 0 Å². The molecule has 17 heavy (non-hydrogen) atoms. The van der Waals surface area contributed by atoms with Gasteiger partial charge in [-0.1, -0.05) is 12.1 Å². The minimum Gasteiger partial charge on any atom is -0.382 e. The second kappa shape index (κ2) is 3.45. The van der Waals surface area contributed by atoms with Crippen molar-refractivity contribution < 1.29 is 0 Å². The van der Waals surface area contributed by atoms with Crippen molar-refractivity contribution in [1.29, 1.82) is 0 Å². The Morgan fingerprint density at radius 3 is 2.94 bits per heavy atom. The highest BCUT2D eigenvalue weighted by Gasteiger charge is 2.11. The monoisotopic (exact) mass is 226 g/mol.